The van der Waals surface area contributed by atoms with E-state index in [0.29, 0.717) is 0 Å². The summed E-state index contributed by atoms with van der Waals surface area (Å²) in [5, 5.41) is 5.46. The van der Waals surface area contributed by atoms with Gasteiger partial charge in [0.2, 0.25) is 0 Å². The number of aryl methyl sites for hydroxylation is 1. The summed E-state index contributed by atoms with van der Waals surface area (Å²) < 4.78 is 0. The molecule has 3 heterocycles. The Balaban J connectivity index is 1.95. The number of nitrogens with zero attached hydrogens (tertiary/aromatic N) is 1. The van der Waals surface area contributed by atoms with Gasteiger partial charge in [-0.1, -0.05) is 23.8 Å². The van der Waals surface area contributed by atoms with Crippen molar-refractivity contribution in [2.45, 2.75) is 6.92 Å². The summed E-state index contributed by atoms with van der Waals surface area (Å²) >= 11 is 1.73. The van der Waals surface area contributed by atoms with Crippen LogP contribution in [0.4, 0.5) is 0 Å². The molecule has 0 amide bonds. The van der Waals surface area contributed by atoms with Gasteiger partial charge in [-0.05, 0) is 53.1 Å². The quantitative estimate of drug-likeness (QED) is 0.535. The molecular formula is C18H14N2S. The second-order valence-electron chi connectivity index (χ2n) is 5.19. The molecule has 0 radical (unpaired) electrons. The van der Waals surface area contributed by atoms with Crippen LogP contribution in [0.25, 0.3) is 33.4 Å². The van der Waals surface area contributed by atoms with Gasteiger partial charge >= 0.3 is 0 Å². The van der Waals surface area contributed by atoms with E-state index >= 15 is 0 Å². The van der Waals surface area contributed by atoms with E-state index in [0.717, 1.165) is 16.7 Å². The second kappa shape index (κ2) is 4.86. The molecule has 0 saturated heterocycles. The normalized spacial score (nSPS) is 11.1. The molecule has 3 heteroatoms. The van der Waals surface area contributed by atoms with E-state index in [1.165, 1.54) is 22.3 Å². The number of hydrogen-bond donors (Lipinski definition) is 1. The molecule has 0 atom stereocenters. The highest BCUT2D eigenvalue weighted by molar-refractivity contribution is 7.08. The number of aromatic nitrogens is 2. The number of H-pyrrole nitrogens is 1. The first-order valence-electron chi connectivity index (χ1n) is 6.88. The summed E-state index contributed by atoms with van der Waals surface area (Å²) in [6.07, 6.45) is 1.82. The fourth-order valence-corrected chi connectivity index (χ4v) is 3.31. The minimum Gasteiger partial charge on any atom is -0.339 e. The van der Waals surface area contributed by atoms with E-state index in [-0.39, 0.29) is 0 Å². The number of benzene rings is 1. The Bertz CT molecular complexity index is 871. The summed E-state index contributed by atoms with van der Waals surface area (Å²) in [7, 11) is 0. The van der Waals surface area contributed by atoms with Gasteiger partial charge in [-0.3, -0.25) is 0 Å². The fourth-order valence-electron chi connectivity index (χ4n) is 2.65. The van der Waals surface area contributed by atoms with Crippen molar-refractivity contribution in [2.24, 2.45) is 0 Å². The summed E-state index contributed by atoms with van der Waals surface area (Å²) in [6, 6.07) is 15.0. The predicted octanol–water partition coefficient (Wildman–Crippen LogP) is 5.27. The first-order valence-corrected chi connectivity index (χ1v) is 7.83. The Morgan fingerprint density at radius 2 is 2.00 bits per heavy atom. The molecule has 0 aliphatic rings. The van der Waals surface area contributed by atoms with Crippen molar-refractivity contribution in [3.05, 3.63) is 65.0 Å². The van der Waals surface area contributed by atoms with Crippen molar-refractivity contribution in [1.29, 1.82) is 0 Å². The lowest BCUT2D eigenvalue weighted by atomic mass is 9.97. The zero-order valence-corrected chi connectivity index (χ0v) is 12.4. The third kappa shape index (κ3) is 2.16. The van der Waals surface area contributed by atoms with Gasteiger partial charge in [0.15, 0.2) is 0 Å². The maximum absolute atomic E-state index is 4.38. The lowest BCUT2D eigenvalue weighted by molar-refractivity contribution is 1.32. The van der Waals surface area contributed by atoms with E-state index in [9.17, 15) is 0 Å². The Morgan fingerprint density at radius 1 is 1.05 bits per heavy atom. The Labute approximate surface area is 127 Å². The molecule has 1 aromatic carbocycles. The van der Waals surface area contributed by atoms with Crippen LogP contribution in [0, 0.1) is 6.92 Å². The van der Waals surface area contributed by atoms with Crippen LogP contribution in [0.1, 0.15) is 5.56 Å². The molecule has 0 aliphatic heterocycles. The summed E-state index contributed by atoms with van der Waals surface area (Å²) in [4.78, 5) is 7.81. The largest absolute Gasteiger partial charge is 0.339 e. The van der Waals surface area contributed by atoms with Gasteiger partial charge in [0.25, 0.3) is 0 Å². The van der Waals surface area contributed by atoms with Crippen LogP contribution < -0.4 is 0 Å². The topological polar surface area (TPSA) is 28.7 Å². The fraction of sp³-hybridized carbons (Fsp3) is 0.0556. The average molecular weight is 290 g/mol. The number of fused-ring (bicyclic) bond motifs is 1. The predicted molar refractivity (Wildman–Crippen MR) is 89.6 cm³/mol. The minimum absolute atomic E-state index is 0.935. The molecule has 4 aromatic rings. The highest BCUT2D eigenvalue weighted by Crippen LogP contribution is 2.34. The molecule has 0 spiro atoms. The van der Waals surface area contributed by atoms with E-state index in [1.54, 1.807) is 11.3 Å². The van der Waals surface area contributed by atoms with Crippen molar-refractivity contribution < 1.29 is 0 Å². The van der Waals surface area contributed by atoms with Gasteiger partial charge < -0.3 is 4.98 Å². The lowest BCUT2D eigenvalue weighted by Gasteiger charge is -2.08. The average Bonchev–Trinajstić information content (AvgIpc) is 3.16. The van der Waals surface area contributed by atoms with E-state index in [2.05, 4.69) is 64.1 Å². The van der Waals surface area contributed by atoms with Crippen molar-refractivity contribution in [2.75, 3.05) is 0 Å². The Kier molecular flexibility index (Phi) is 2.86. The molecule has 0 fully saturated rings. The summed E-state index contributed by atoms with van der Waals surface area (Å²) in [5.41, 5.74) is 7.08. The first kappa shape index (κ1) is 12.4. The van der Waals surface area contributed by atoms with Crippen LogP contribution >= 0.6 is 11.3 Å². The lowest BCUT2D eigenvalue weighted by Crippen LogP contribution is -1.85. The van der Waals surface area contributed by atoms with Crippen molar-refractivity contribution >= 4 is 22.4 Å². The van der Waals surface area contributed by atoms with Crippen LogP contribution in [-0.4, -0.2) is 9.97 Å². The maximum atomic E-state index is 4.38. The zero-order chi connectivity index (χ0) is 14.2. The van der Waals surface area contributed by atoms with E-state index in [4.69, 9.17) is 0 Å². The molecule has 21 heavy (non-hydrogen) atoms. The van der Waals surface area contributed by atoms with Crippen molar-refractivity contribution in [3.63, 3.8) is 0 Å². The smallest absolute Gasteiger partial charge is 0.137 e. The van der Waals surface area contributed by atoms with Crippen molar-refractivity contribution in [1.82, 2.24) is 9.97 Å². The van der Waals surface area contributed by atoms with E-state index < -0.39 is 0 Å². The first-order chi connectivity index (χ1) is 10.3. The molecule has 0 unspecified atom stereocenters. The highest BCUT2D eigenvalue weighted by atomic mass is 32.1. The van der Waals surface area contributed by atoms with Crippen LogP contribution in [-0.2, 0) is 0 Å². The molecule has 4 rings (SSSR count). The van der Waals surface area contributed by atoms with Crippen molar-refractivity contribution in [3.8, 4) is 22.4 Å². The molecular weight excluding hydrogens is 276 g/mol. The summed E-state index contributed by atoms with van der Waals surface area (Å²) in [5.74, 6) is 0. The van der Waals surface area contributed by atoms with Crippen LogP contribution in [0.5, 0.6) is 0 Å². The molecule has 1 N–H and O–H groups in total. The SMILES string of the molecule is Cc1ccc(-c2cc3cccnc3[nH]2)c(-c2ccsc2)c1. The van der Waals surface area contributed by atoms with E-state index in [1.807, 2.05) is 12.3 Å². The number of hydrogen-bond acceptors (Lipinski definition) is 2. The minimum atomic E-state index is 0.935. The van der Waals surface area contributed by atoms with Gasteiger partial charge in [0, 0.05) is 22.8 Å². The van der Waals surface area contributed by atoms with Gasteiger partial charge in [0.1, 0.15) is 5.65 Å². The number of pyridine rings is 1. The monoisotopic (exact) mass is 290 g/mol. The number of thiophene rings is 1. The highest BCUT2D eigenvalue weighted by Gasteiger charge is 2.11. The van der Waals surface area contributed by atoms with Crippen LogP contribution in [0.3, 0.4) is 0 Å². The molecule has 2 nitrogen and oxygen atoms in total. The van der Waals surface area contributed by atoms with Gasteiger partial charge in [0.05, 0.1) is 0 Å². The second-order valence-corrected chi connectivity index (χ2v) is 5.97. The van der Waals surface area contributed by atoms with Gasteiger partial charge in [-0.25, -0.2) is 4.98 Å². The Hall–Kier alpha value is -2.39. The third-order valence-corrected chi connectivity index (χ3v) is 4.37. The van der Waals surface area contributed by atoms with Crippen LogP contribution in [0.2, 0.25) is 0 Å². The van der Waals surface area contributed by atoms with Crippen LogP contribution in [0.15, 0.2) is 59.4 Å². The van der Waals surface area contributed by atoms with Gasteiger partial charge in [-0.2, -0.15) is 11.3 Å². The molecule has 0 saturated carbocycles. The molecule has 0 bridgehead atoms. The number of nitrogens with one attached hydrogen (secondary N) is 1. The molecule has 0 aliphatic carbocycles. The maximum Gasteiger partial charge on any atom is 0.137 e. The number of aromatic amines is 1. The zero-order valence-electron chi connectivity index (χ0n) is 11.6. The third-order valence-electron chi connectivity index (χ3n) is 3.69. The Morgan fingerprint density at radius 3 is 2.81 bits per heavy atom. The summed E-state index contributed by atoms with van der Waals surface area (Å²) in [6.45, 7) is 2.13. The van der Waals surface area contributed by atoms with Gasteiger partial charge in [-0.15, -0.1) is 0 Å². The standard InChI is InChI=1S/C18H14N2S/c1-12-4-5-15(16(9-12)14-6-8-21-11-14)17-10-13-3-2-7-19-18(13)20-17/h2-11H,1H3,(H,19,20). The molecule has 3 aromatic heterocycles. The molecule has 102 valence electrons. The number of rotatable bonds is 2.